The molecule has 0 amide bonds. The third-order valence-corrected chi connectivity index (χ3v) is 2.94. The summed E-state index contributed by atoms with van der Waals surface area (Å²) < 4.78 is 44.2. The Bertz CT molecular complexity index is 725. The first kappa shape index (κ1) is 15.6. The molecule has 114 valence electrons. The third-order valence-electron chi connectivity index (χ3n) is 2.94. The molecular weight excluding hydrogens is 297 g/mol. The van der Waals surface area contributed by atoms with Crippen LogP contribution >= 0.6 is 0 Å². The van der Waals surface area contributed by atoms with E-state index in [1.807, 2.05) is 6.07 Å². The summed E-state index contributed by atoms with van der Waals surface area (Å²) >= 11 is 0. The van der Waals surface area contributed by atoms with Gasteiger partial charge in [-0.25, -0.2) is 4.98 Å². The molecule has 1 heterocycles. The van der Waals surface area contributed by atoms with Gasteiger partial charge >= 0.3 is 12.2 Å². The van der Waals surface area contributed by atoms with Crippen molar-refractivity contribution in [2.75, 3.05) is 19.1 Å². The minimum Gasteiger partial charge on any atom is -0.467 e. The van der Waals surface area contributed by atoms with Gasteiger partial charge in [0.25, 0.3) is 0 Å². The molecule has 1 aromatic carbocycles. The molecule has 0 aliphatic carbocycles. The van der Waals surface area contributed by atoms with Crippen molar-refractivity contribution < 1.29 is 17.9 Å². The number of aromatic nitrogens is 2. The minimum atomic E-state index is -4.63. The minimum absolute atomic E-state index is 0.190. The maximum atomic E-state index is 13.1. The SMILES string of the molecule is COc1ncc(C(F)(F)F)c(N(C)c2ccccc2C#N)n1. The van der Waals surface area contributed by atoms with Crippen LogP contribution in [0.1, 0.15) is 11.1 Å². The number of nitrogens with zero attached hydrogens (tertiary/aromatic N) is 4. The lowest BCUT2D eigenvalue weighted by molar-refractivity contribution is -0.137. The average molecular weight is 308 g/mol. The highest BCUT2D eigenvalue weighted by Crippen LogP contribution is 2.38. The maximum Gasteiger partial charge on any atom is 0.421 e. The highest BCUT2D eigenvalue weighted by atomic mass is 19.4. The van der Waals surface area contributed by atoms with Gasteiger partial charge in [0.05, 0.1) is 18.4 Å². The zero-order chi connectivity index (χ0) is 16.3. The van der Waals surface area contributed by atoms with Crippen LogP contribution in [0.3, 0.4) is 0 Å². The molecule has 1 aromatic heterocycles. The van der Waals surface area contributed by atoms with E-state index in [0.717, 1.165) is 0 Å². The molecule has 0 aliphatic rings. The van der Waals surface area contributed by atoms with Crippen molar-refractivity contribution in [1.29, 1.82) is 5.26 Å². The van der Waals surface area contributed by atoms with Crippen molar-refractivity contribution in [2.45, 2.75) is 6.18 Å². The van der Waals surface area contributed by atoms with Gasteiger partial charge in [-0.15, -0.1) is 0 Å². The second kappa shape index (κ2) is 5.89. The second-order valence-electron chi connectivity index (χ2n) is 4.28. The molecule has 2 rings (SSSR count). The van der Waals surface area contributed by atoms with E-state index in [0.29, 0.717) is 11.9 Å². The molecule has 0 spiro atoms. The van der Waals surface area contributed by atoms with Crippen LogP contribution in [0.5, 0.6) is 6.01 Å². The summed E-state index contributed by atoms with van der Waals surface area (Å²) in [5, 5.41) is 9.09. The first-order valence-corrected chi connectivity index (χ1v) is 6.09. The average Bonchev–Trinajstić information content (AvgIpc) is 2.52. The lowest BCUT2D eigenvalue weighted by atomic mass is 10.1. The number of rotatable bonds is 3. The number of anilines is 2. The molecule has 0 radical (unpaired) electrons. The fraction of sp³-hybridized carbons (Fsp3) is 0.214. The van der Waals surface area contributed by atoms with Crippen molar-refractivity contribution in [2.24, 2.45) is 0 Å². The van der Waals surface area contributed by atoms with Crippen LogP contribution < -0.4 is 9.64 Å². The molecule has 0 saturated heterocycles. The largest absolute Gasteiger partial charge is 0.467 e. The van der Waals surface area contributed by atoms with Gasteiger partial charge in [-0.2, -0.15) is 23.4 Å². The summed E-state index contributed by atoms with van der Waals surface area (Å²) in [6.45, 7) is 0. The highest BCUT2D eigenvalue weighted by molar-refractivity contribution is 5.68. The fourth-order valence-electron chi connectivity index (χ4n) is 1.89. The maximum absolute atomic E-state index is 13.1. The van der Waals surface area contributed by atoms with E-state index in [9.17, 15) is 13.2 Å². The van der Waals surface area contributed by atoms with Gasteiger partial charge < -0.3 is 9.64 Å². The number of hydrogen-bond donors (Lipinski definition) is 0. The number of para-hydroxylation sites is 1. The zero-order valence-electron chi connectivity index (χ0n) is 11.7. The molecule has 0 N–H and O–H groups in total. The Kier molecular flexibility index (Phi) is 4.17. The molecule has 0 saturated carbocycles. The lowest BCUT2D eigenvalue weighted by Crippen LogP contribution is -2.20. The fourth-order valence-corrected chi connectivity index (χ4v) is 1.89. The summed E-state index contributed by atoms with van der Waals surface area (Å²) in [6.07, 6.45) is -3.97. The van der Waals surface area contributed by atoms with Crippen LogP contribution in [0.4, 0.5) is 24.7 Å². The van der Waals surface area contributed by atoms with E-state index in [-0.39, 0.29) is 17.4 Å². The Hall–Kier alpha value is -2.82. The van der Waals surface area contributed by atoms with E-state index in [4.69, 9.17) is 10.00 Å². The van der Waals surface area contributed by atoms with E-state index in [1.54, 1.807) is 12.1 Å². The predicted octanol–water partition coefficient (Wildman–Crippen LogP) is 3.14. The van der Waals surface area contributed by atoms with Gasteiger partial charge in [-0.05, 0) is 12.1 Å². The zero-order valence-corrected chi connectivity index (χ0v) is 11.7. The van der Waals surface area contributed by atoms with E-state index in [1.165, 1.54) is 31.2 Å². The Morgan fingerprint density at radius 1 is 1.27 bits per heavy atom. The Balaban J connectivity index is 2.62. The van der Waals surface area contributed by atoms with Crippen LogP contribution in [0, 0.1) is 11.3 Å². The number of benzene rings is 1. The van der Waals surface area contributed by atoms with Gasteiger partial charge in [-0.3, -0.25) is 0 Å². The lowest BCUT2D eigenvalue weighted by Gasteiger charge is -2.23. The van der Waals surface area contributed by atoms with Gasteiger partial charge in [0.1, 0.15) is 11.6 Å². The molecule has 0 fully saturated rings. The standard InChI is InChI=1S/C14H11F3N4O/c1-21(11-6-4-3-5-9(11)7-18)12-10(14(15,16)17)8-19-13(20-12)22-2/h3-6,8H,1-2H3. The number of halogens is 3. The Morgan fingerprint density at radius 2 is 1.95 bits per heavy atom. The molecule has 2 aromatic rings. The second-order valence-corrected chi connectivity index (χ2v) is 4.28. The van der Waals surface area contributed by atoms with E-state index < -0.39 is 11.7 Å². The van der Waals surface area contributed by atoms with Gasteiger partial charge in [0.2, 0.25) is 0 Å². The molecule has 0 unspecified atom stereocenters. The first-order valence-electron chi connectivity index (χ1n) is 6.09. The molecular formula is C14H11F3N4O. The van der Waals surface area contributed by atoms with Crippen molar-refractivity contribution in [3.05, 3.63) is 41.6 Å². The van der Waals surface area contributed by atoms with Crippen LogP contribution in [-0.4, -0.2) is 24.1 Å². The quantitative estimate of drug-likeness (QED) is 0.871. The monoisotopic (exact) mass is 308 g/mol. The normalized spacial score (nSPS) is 10.9. The van der Waals surface area contributed by atoms with Crippen molar-refractivity contribution in [1.82, 2.24) is 9.97 Å². The third kappa shape index (κ3) is 2.93. The van der Waals surface area contributed by atoms with Crippen LogP contribution in [0.15, 0.2) is 30.5 Å². The van der Waals surface area contributed by atoms with Crippen LogP contribution in [0.25, 0.3) is 0 Å². The van der Waals surface area contributed by atoms with Crippen LogP contribution in [-0.2, 0) is 6.18 Å². The molecule has 0 atom stereocenters. The summed E-state index contributed by atoms with van der Waals surface area (Å²) in [6, 6.07) is 8.04. The number of nitriles is 1. The number of ether oxygens (including phenoxy) is 1. The number of methoxy groups -OCH3 is 1. The Morgan fingerprint density at radius 3 is 2.55 bits per heavy atom. The molecule has 0 bridgehead atoms. The first-order chi connectivity index (χ1) is 10.4. The van der Waals surface area contributed by atoms with E-state index in [2.05, 4.69) is 9.97 Å². The van der Waals surface area contributed by atoms with Gasteiger partial charge in [-0.1, -0.05) is 12.1 Å². The summed E-state index contributed by atoms with van der Waals surface area (Å²) in [5.74, 6) is -0.387. The predicted molar refractivity (Wildman–Crippen MR) is 72.8 cm³/mol. The van der Waals surface area contributed by atoms with Gasteiger partial charge in [0, 0.05) is 13.2 Å². The molecule has 5 nitrogen and oxygen atoms in total. The van der Waals surface area contributed by atoms with E-state index >= 15 is 0 Å². The summed E-state index contributed by atoms with van der Waals surface area (Å²) in [7, 11) is 2.66. The molecule has 22 heavy (non-hydrogen) atoms. The molecule has 8 heteroatoms. The van der Waals surface area contributed by atoms with Crippen molar-refractivity contribution in [3.8, 4) is 12.1 Å². The van der Waals surface area contributed by atoms with Crippen molar-refractivity contribution >= 4 is 11.5 Å². The van der Waals surface area contributed by atoms with Crippen molar-refractivity contribution in [3.63, 3.8) is 0 Å². The summed E-state index contributed by atoms with van der Waals surface area (Å²) in [5.41, 5.74) is -0.476. The van der Waals surface area contributed by atoms with Crippen LogP contribution in [0.2, 0.25) is 0 Å². The number of alkyl halides is 3. The highest BCUT2D eigenvalue weighted by Gasteiger charge is 2.37. The summed E-state index contributed by atoms with van der Waals surface area (Å²) in [4.78, 5) is 8.46. The number of hydrogen-bond acceptors (Lipinski definition) is 5. The smallest absolute Gasteiger partial charge is 0.421 e. The Labute approximate surface area is 124 Å². The topological polar surface area (TPSA) is 62.0 Å². The van der Waals surface area contributed by atoms with Gasteiger partial charge in [0.15, 0.2) is 5.82 Å². The molecule has 0 aliphatic heterocycles.